The van der Waals surface area contributed by atoms with Crippen LogP contribution in [0.5, 0.6) is 5.75 Å². The van der Waals surface area contributed by atoms with Crippen LogP contribution >= 0.6 is 0 Å². The summed E-state index contributed by atoms with van der Waals surface area (Å²) in [5, 5.41) is 24.1. The van der Waals surface area contributed by atoms with Crippen molar-refractivity contribution in [3.05, 3.63) is 36.2 Å². The van der Waals surface area contributed by atoms with Crippen molar-refractivity contribution >= 4 is 11.7 Å². The smallest absolute Gasteiger partial charge is 0.319 e. The molecule has 0 aliphatic carbocycles. The Hall–Kier alpha value is -2.65. The number of hydrogen-bond donors (Lipinski definition) is 3. The van der Waals surface area contributed by atoms with E-state index >= 15 is 0 Å². The third-order valence-corrected chi connectivity index (χ3v) is 4.60. The molecule has 1 fully saturated rings. The molecule has 3 N–H and O–H groups in total. The van der Waals surface area contributed by atoms with Crippen LogP contribution in [-0.2, 0) is 16.7 Å². The van der Waals surface area contributed by atoms with Gasteiger partial charge in [0.05, 0.1) is 32.0 Å². The molecular weight excluding hydrogens is 362 g/mol. The van der Waals surface area contributed by atoms with Crippen LogP contribution in [0.1, 0.15) is 26.5 Å². The third-order valence-electron chi connectivity index (χ3n) is 4.60. The first-order valence-corrected chi connectivity index (χ1v) is 9.18. The number of aliphatic hydroxyl groups is 1. The van der Waals surface area contributed by atoms with E-state index in [2.05, 4.69) is 41.7 Å². The summed E-state index contributed by atoms with van der Waals surface area (Å²) in [5.74, 6) is 0.640. The van der Waals surface area contributed by atoms with E-state index in [1.807, 2.05) is 6.20 Å². The van der Waals surface area contributed by atoms with Crippen molar-refractivity contribution in [2.45, 2.75) is 51.0 Å². The number of nitrogens with one attached hydrogen (secondary N) is 2. The molecule has 1 saturated heterocycles. The predicted molar refractivity (Wildman–Crippen MR) is 103 cm³/mol. The summed E-state index contributed by atoms with van der Waals surface area (Å²) >= 11 is 0. The second-order valence-electron chi connectivity index (χ2n) is 7.87. The molecule has 1 aromatic heterocycles. The van der Waals surface area contributed by atoms with Crippen LogP contribution in [0, 0.1) is 0 Å². The number of methoxy groups -OCH3 is 1. The maximum atomic E-state index is 12.4. The van der Waals surface area contributed by atoms with Crippen molar-refractivity contribution < 1.29 is 19.4 Å². The van der Waals surface area contributed by atoms with E-state index in [1.165, 1.54) is 0 Å². The summed E-state index contributed by atoms with van der Waals surface area (Å²) in [6.45, 7) is 6.71. The Morgan fingerprint density at radius 3 is 2.89 bits per heavy atom. The number of carbonyl (C=O) groups is 1. The minimum atomic E-state index is -0.799. The van der Waals surface area contributed by atoms with Gasteiger partial charge in [0.15, 0.2) is 0 Å². The van der Waals surface area contributed by atoms with Crippen molar-refractivity contribution in [2.75, 3.05) is 19.0 Å². The van der Waals surface area contributed by atoms with Gasteiger partial charge < -0.3 is 25.2 Å². The summed E-state index contributed by atoms with van der Waals surface area (Å²) in [7, 11) is 1.56. The zero-order chi connectivity index (χ0) is 20.3. The van der Waals surface area contributed by atoms with Crippen molar-refractivity contribution in [3.63, 3.8) is 0 Å². The number of benzene rings is 1. The van der Waals surface area contributed by atoms with Crippen LogP contribution in [0.3, 0.4) is 0 Å². The van der Waals surface area contributed by atoms with Crippen molar-refractivity contribution in [1.82, 2.24) is 20.3 Å². The molecule has 28 heavy (non-hydrogen) atoms. The van der Waals surface area contributed by atoms with E-state index in [9.17, 15) is 9.90 Å². The largest absolute Gasteiger partial charge is 0.497 e. The molecule has 0 radical (unpaired) electrons. The highest BCUT2D eigenvalue weighted by Crippen LogP contribution is 2.21. The van der Waals surface area contributed by atoms with Crippen LogP contribution in [0.2, 0.25) is 0 Å². The molecule has 0 bridgehead atoms. The predicted octanol–water partition coefficient (Wildman–Crippen LogP) is 1.53. The van der Waals surface area contributed by atoms with Gasteiger partial charge in [-0.15, -0.1) is 5.10 Å². The monoisotopic (exact) mass is 389 g/mol. The van der Waals surface area contributed by atoms with Crippen LogP contribution in [0.15, 0.2) is 30.5 Å². The molecule has 0 spiro atoms. The highest BCUT2D eigenvalue weighted by Gasteiger charge is 2.38. The molecule has 2 aromatic rings. The Morgan fingerprint density at radius 1 is 1.43 bits per heavy atom. The van der Waals surface area contributed by atoms with Crippen LogP contribution in [0.25, 0.3) is 0 Å². The summed E-state index contributed by atoms with van der Waals surface area (Å²) in [6.07, 6.45) is 0.647. The molecule has 0 saturated carbocycles. The first-order valence-electron chi connectivity index (χ1n) is 9.18. The molecular formula is C19H27N5O4. The number of hydrogen-bond acceptors (Lipinski definition) is 6. The van der Waals surface area contributed by atoms with Crippen molar-refractivity contribution in [2.24, 2.45) is 0 Å². The van der Waals surface area contributed by atoms with Crippen LogP contribution < -0.4 is 15.4 Å². The molecule has 2 amide bonds. The lowest BCUT2D eigenvalue weighted by Gasteiger charge is -2.22. The van der Waals surface area contributed by atoms with E-state index in [0.29, 0.717) is 18.0 Å². The molecule has 1 aliphatic heterocycles. The van der Waals surface area contributed by atoms with Crippen LogP contribution in [-0.4, -0.2) is 58.1 Å². The Morgan fingerprint density at radius 2 is 2.21 bits per heavy atom. The van der Waals surface area contributed by atoms with Gasteiger partial charge >= 0.3 is 6.03 Å². The van der Waals surface area contributed by atoms with Crippen molar-refractivity contribution in [3.8, 4) is 5.75 Å². The average molecular weight is 389 g/mol. The molecule has 3 atom stereocenters. The second kappa shape index (κ2) is 8.15. The van der Waals surface area contributed by atoms with E-state index in [0.717, 1.165) is 5.69 Å². The van der Waals surface area contributed by atoms with E-state index in [4.69, 9.17) is 9.47 Å². The van der Waals surface area contributed by atoms with Crippen LogP contribution in [0.4, 0.5) is 10.5 Å². The van der Waals surface area contributed by atoms with Gasteiger partial charge in [-0.05, 0) is 12.1 Å². The zero-order valence-corrected chi connectivity index (χ0v) is 16.5. The summed E-state index contributed by atoms with van der Waals surface area (Å²) in [6, 6.07) is 6.04. The van der Waals surface area contributed by atoms with Gasteiger partial charge in [-0.25, -0.2) is 9.48 Å². The van der Waals surface area contributed by atoms with Crippen molar-refractivity contribution in [1.29, 1.82) is 0 Å². The maximum Gasteiger partial charge on any atom is 0.319 e. The zero-order valence-electron chi connectivity index (χ0n) is 16.5. The molecule has 0 unspecified atom stereocenters. The number of ether oxygens (including phenoxy) is 2. The number of rotatable bonds is 5. The number of carbonyl (C=O) groups excluding carboxylic acids is 1. The molecule has 152 valence electrons. The van der Waals surface area contributed by atoms with E-state index in [1.54, 1.807) is 36.1 Å². The fraction of sp³-hybridized carbons (Fsp3) is 0.526. The molecule has 1 aromatic carbocycles. The van der Waals surface area contributed by atoms with Gasteiger partial charge in [-0.1, -0.05) is 32.1 Å². The first kappa shape index (κ1) is 20.1. The quantitative estimate of drug-likeness (QED) is 0.715. The lowest BCUT2D eigenvalue weighted by Crippen LogP contribution is -2.49. The van der Waals surface area contributed by atoms with Gasteiger partial charge in [0, 0.05) is 23.4 Å². The third kappa shape index (κ3) is 4.79. The average Bonchev–Trinajstić information content (AvgIpc) is 3.24. The number of anilines is 1. The lowest BCUT2D eigenvalue weighted by atomic mass is 9.93. The minimum absolute atomic E-state index is 0.109. The Labute approximate surface area is 164 Å². The SMILES string of the molecule is COc1cccc(NC(=O)N[C@@H]2[C@@H](O)CO[C@@H]2Cn2cc(C(C)(C)C)nn2)c1. The van der Waals surface area contributed by atoms with Gasteiger partial charge in [0.1, 0.15) is 18.0 Å². The molecule has 3 rings (SSSR count). The fourth-order valence-corrected chi connectivity index (χ4v) is 2.97. The molecule has 9 nitrogen and oxygen atoms in total. The Balaban J connectivity index is 1.62. The molecule has 1 aliphatic rings. The topological polar surface area (TPSA) is 111 Å². The summed E-state index contributed by atoms with van der Waals surface area (Å²) in [5.41, 5.74) is 1.35. The van der Waals surface area contributed by atoms with E-state index in [-0.39, 0.29) is 12.0 Å². The summed E-state index contributed by atoms with van der Waals surface area (Å²) < 4.78 is 12.5. The summed E-state index contributed by atoms with van der Waals surface area (Å²) in [4.78, 5) is 12.4. The molecule has 2 heterocycles. The number of aliphatic hydroxyl groups excluding tert-OH is 1. The first-order chi connectivity index (χ1) is 13.3. The number of aromatic nitrogens is 3. The highest BCUT2D eigenvalue weighted by atomic mass is 16.5. The number of amides is 2. The Bertz CT molecular complexity index is 817. The van der Waals surface area contributed by atoms with Gasteiger partial charge in [-0.2, -0.15) is 0 Å². The molecule has 9 heteroatoms. The van der Waals surface area contributed by atoms with E-state index < -0.39 is 24.3 Å². The minimum Gasteiger partial charge on any atom is -0.497 e. The van der Waals surface area contributed by atoms with Gasteiger partial charge in [0.2, 0.25) is 0 Å². The number of urea groups is 1. The standard InChI is InChI=1S/C19H27N5O4/c1-19(2,3)16-10-24(23-22-16)9-15-17(14(25)11-28-15)21-18(26)20-12-6-5-7-13(8-12)27-4/h5-8,10,14-15,17,25H,9,11H2,1-4H3,(H2,20,21,26)/t14-,15+,17+/m0/s1. The maximum absolute atomic E-state index is 12.4. The second-order valence-corrected chi connectivity index (χ2v) is 7.87. The highest BCUT2D eigenvalue weighted by molar-refractivity contribution is 5.89. The normalized spacial score (nSPS) is 22.1. The van der Waals surface area contributed by atoms with Gasteiger partial charge in [-0.3, -0.25) is 0 Å². The fourth-order valence-electron chi connectivity index (χ4n) is 2.97. The lowest BCUT2D eigenvalue weighted by molar-refractivity contribution is 0.0748. The number of nitrogens with zero attached hydrogens (tertiary/aromatic N) is 3. The Kier molecular flexibility index (Phi) is 5.85. The van der Waals surface area contributed by atoms with Gasteiger partial charge in [0.25, 0.3) is 0 Å².